The fourth-order valence-corrected chi connectivity index (χ4v) is 5.42. The van der Waals surface area contributed by atoms with Gasteiger partial charge in [0.1, 0.15) is 0 Å². The van der Waals surface area contributed by atoms with E-state index in [0.29, 0.717) is 23.0 Å². The Labute approximate surface area is 156 Å². The van der Waals surface area contributed by atoms with Crippen LogP contribution in [0.4, 0.5) is 0 Å². The lowest BCUT2D eigenvalue weighted by atomic mass is 9.96. The first-order valence-electron chi connectivity index (χ1n) is 8.83. The van der Waals surface area contributed by atoms with Crippen molar-refractivity contribution >= 4 is 28.9 Å². The average Bonchev–Trinajstić information content (AvgIpc) is 3.19. The third-order valence-electron chi connectivity index (χ3n) is 5.28. The summed E-state index contributed by atoms with van der Waals surface area (Å²) in [5, 5.41) is 11.2. The third kappa shape index (κ3) is 3.46. The van der Waals surface area contributed by atoms with E-state index in [1.165, 1.54) is 28.4 Å². The molecule has 2 heterocycles. The number of hydrogen-bond donors (Lipinski definition) is 1. The molecule has 4 rings (SSSR count). The number of carboxylic acid groups (broad SMARTS) is 1. The summed E-state index contributed by atoms with van der Waals surface area (Å²) in [5.41, 5.74) is 2.37. The molecule has 1 aliphatic carbocycles. The van der Waals surface area contributed by atoms with Crippen LogP contribution in [0.15, 0.2) is 18.2 Å². The smallest absolute Gasteiger partial charge is 0.336 e. The van der Waals surface area contributed by atoms with Crippen molar-refractivity contribution in [2.24, 2.45) is 0 Å². The van der Waals surface area contributed by atoms with Crippen LogP contribution in [0.25, 0.3) is 0 Å². The standard InChI is InChI=1S/C19H21ClN2O2S/c20-15-4-1-3-13(19(23)24)14(15)11-22-9-7-12(8-10-22)18-21-16-5-2-6-17(16)25-18/h1,3-4,12H,2,5-11H2,(H,23,24). The number of fused-ring (bicyclic) bond motifs is 1. The van der Waals surface area contributed by atoms with Gasteiger partial charge in [-0.2, -0.15) is 0 Å². The number of carboxylic acids is 1. The zero-order valence-corrected chi connectivity index (χ0v) is 15.6. The molecular weight excluding hydrogens is 356 g/mol. The van der Waals surface area contributed by atoms with Gasteiger partial charge in [-0.05, 0) is 62.9 Å². The van der Waals surface area contributed by atoms with Crippen LogP contribution in [0.1, 0.15) is 56.7 Å². The van der Waals surface area contributed by atoms with Crippen molar-refractivity contribution in [3.05, 3.63) is 49.9 Å². The second-order valence-electron chi connectivity index (χ2n) is 6.90. The monoisotopic (exact) mass is 376 g/mol. The second-order valence-corrected chi connectivity index (χ2v) is 8.42. The fraction of sp³-hybridized carbons (Fsp3) is 0.474. The van der Waals surface area contributed by atoms with Gasteiger partial charge in [0.2, 0.25) is 0 Å². The Morgan fingerprint density at radius 1 is 1.32 bits per heavy atom. The van der Waals surface area contributed by atoms with Crippen LogP contribution in [-0.4, -0.2) is 34.0 Å². The summed E-state index contributed by atoms with van der Waals surface area (Å²) >= 11 is 8.18. The van der Waals surface area contributed by atoms with E-state index in [2.05, 4.69) is 4.90 Å². The van der Waals surface area contributed by atoms with Crippen molar-refractivity contribution in [1.29, 1.82) is 0 Å². The van der Waals surface area contributed by atoms with E-state index in [-0.39, 0.29) is 0 Å². The Morgan fingerprint density at radius 3 is 2.84 bits per heavy atom. The number of hydrogen-bond acceptors (Lipinski definition) is 4. The average molecular weight is 377 g/mol. The molecule has 25 heavy (non-hydrogen) atoms. The van der Waals surface area contributed by atoms with Crippen molar-refractivity contribution in [3.8, 4) is 0 Å². The maximum Gasteiger partial charge on any atom is 0.336 e. The lowest BCUT2D eigenvalue weighted by molar-refractivity contribution is 0.0694. The number of aromatic nitrogens is 1. The summed E-state index contributed by atoms with van der Waals surface area (Å²) in [5.74, 6) is -0.360. The Balaban J connectivity index is 1.42. The summed E-state index contributed by atoms with van der Waals surface area (Å²) in [7, 11) is 0. The van der Waals surface area contributed by atoms with E-state index in [4.69, 9.17) is 16.6 Å². The number of thiazole rings is 1. The lowest BCUT2D eigenvalue weighted by Crippen LogP contribution is -2.33. The molecular formula is C19H21ClN2O2S. The Morgan fingerprint density at radius 2 is 2.12 bits per heavy atom. The molecule has 0 atom stereocenters. The van der Waals surface area contributed by atoms with Crippen molar-refractivity contribution in [3.63, 3.8) is 0 Å². The molecule has 0 radical (unpaired) electrons. The molecule has 1 fully saturated rings. The zero-order valence-electron chi connectivity index (χ0n) is 14.0. The van der Waals surface area contributed by atoms with E-state index in [0.717, 1.165) is 37.9 Å². The first kappa shape index (κ1) is 17.0. The predicted octanol–water partition coefficient (Wildman–Crippen LogP) is 4.36. The van der Waals surface area contributed by atoms with E-state index >= 15 is 0 Å². The van der Waals surface area contributed by atoms with Crippen LogP contribution in [-0.2, 0) is 19.4 Å². The van der Waals surface area contributed by atoms with Gasteiger partial charge in [-0.15, -0.1) is 11.3 Å². The van der Waals surface area contributed by atoms with Crippen LogP contribution in [0.3, 0.4) is 0 Å². The Bertz CT molecular complexity index is 775. The largest absolute Gasteiger partial charge is 0.478 e. The number of rotatable bonds is 4. The maximum atomic E-state index is 11.4. The highest BCUT2D eigenvalue weighted by molar-refractivity contribution is 7.11. The second kappa shape index (κ2) is 7.06. The van der Waals surface area contributed by atoms with E-state index < -0.39 is 5.97 Å². The molecule has 0 unspecified atom stereocenters. The molecule has 2 aromatic rings. The number of likely N-dealkylation sites (tertiary alicyclic amines) is 1. The molecule has 0 spiro atoms. The minimum Gasteiger partial charge on any atom is -0.478 e. The zero-order chi connectivity index (χ0) is 17.4. The number of benzene rings is 1. The number of carbonyl (C=O) groups is 1. The number of nitrogens with zero attached hydrogens (tertiary/aromatic N) is 2. The van der Waals surface area contributed by atoms with Crippen LogP contribution < -0.4 is 0 Å². The van der Waals surface area contributed by atoms with E-state index in [9.17, 15) is 9.90 Å². The summed E-state index contributed by atoms with van der Waals surface area (Å²) in [6.07, 6.45) is 5.78. The lowest BCUT2D eigenvalue weighted by Gasteiger charge is -2.31. The summed E-state index contributed by atoms with van der Waals surface area (Å²) in [4.78, 5) is 20.1. The van der Waals surface area contributed by atoms with Crippen LogP contribution in [0.2, 0.25) is 5.02 Å². The molecule has 1 saturated heterocycles. The van der Waals surface area contributed by atoms with Gasteiger partial charge in [-0.25, -0.2) is 9.78 Å². The van der Waals surface area contributed by atoms with Crippen molar-refractivity contribution in [2.75, 3.05) is 13.1 Å². The summed E-state index contributed by atoms with van der Waals surface area (Å²) < 4.78 is 0. The fourth-order valence-electron chi connectivity index (χ4n) is 3.87. The number of piperidine rings is 1. The molecule has 1 aromatic heterocycles. The Kier molecular flexibility index (Phi) is 4.80. The van der Waals surface area contributed by atoms with Gasteiger partial charge in [0, 0.05) is 22.4 Å². The van der Waals surface area contributed by atoms with Crippen LogP contribution in [0, 0.1) is 0 Å². The number of aromatic carboxylic acids is 1. The van der Waals surface area contributed by atoms with Crippen molar-refractivity contribution in [1.82, 2.24) is 9.88 Å². The van der Waals surface area contributed by atoms with Gasteiger partial charge in [0.25, 0.3) is 0 Å². The summed E-state index contributed by atoms with van der Waals surface area (Å²) in [6, 6.07) is 5.10. The van der Waals surface area contributed by atoms with Gasteiger partial charge in [0.15, 0.2) is 0 Å². The molecule has 0 bridgehead atoms. The number of aryl methyl sites for hydroxylation is 2. The maximum absolute atomic E-state index is 11.4. The molecule has 2 aliphatic rings. The first-order chi connectivity index (χ1) is 12.1. The molecule has 1 aliphatic heterocycles. The van der Waals surface area contributed by atoms with Gasteiger partial charge in [0.05, 0.1) is 16.3 Å². The predicted molar refractivity (Wildman–Crippen MR) is 99.8 cm³/mol. The van der Waals surface area contributed by atoms with Crippen molar-refractivity contribution < 1.29 is 9.90 Å². The highest BCUT2D eigenvalue weighted by Crippen LogP contribution is 2.36. The van der Waals surface area contributed by atoms with Gasteiger partial charge in [-0.1, -0.05) is 17.7 Å². The minimum absolute atomic E-state index is 0.311. The molecule has 0 saturated carbocycles. The third-order valence-corrected chi connectivity index (χ3v) is 6.95. The molecule has 132 valence electrons. The van der Waals surface area contributed by atoms with Crippen LogP contribution >= 0.6 is 22.9 Å². The molecule has 4 nitrogen and oxygen atoms in total. The first-order valence-corrected chi connectivity index (χ1v) is 10.0. The van der Waals surface area contributed by atoms with E-state index in [1.54, 1.807) is 18.2 Å². The molecule has 0 amide bonds. The quantitative estimate of drug-likeness (QED) is 0.861. The molecule has 6 heteroatoms. The van der Waals surface area contributed by atoms with E-state index in [1.807, 2.05) is 11.3 Å². The van der Waals surface area contributed by atoms with Gasteiger partial charge < -0.3 is 5.11 Å². The van der Waals surface area contributed by atoms with Gasteiger partial charge >= 0.3 is 5.97 Å². The van der Waals surface area contributed by atoms with Crippen LogP contribution in [0.5, 0.6) is 0 Å². The molecule has 1 N–H and O–H groups in total. The highest BCUT2D eigenvalue weighted by atomic mass is 35.5. The highest BCUT2D eigenvalue weighted by Gasteiger charge is 2.27. The summed E-state index contributed by atoms with van der Waals surface area (Å²) in [6.45, 7) is 2.51. The topological polar surface area (TPSA) is 53.4 Å². The Hall–Kier alpha value is -1.43. The number of halogens is 1. The normalized spacial score (nSPS) is 18.4. The van der Waals surface area contributed by atoms with Crippen molar-refractivity contribution in [2.45, 2.75) is 44.6 Å². The SMILES string of the molecule is O=C(O)c1cccc(Cl)c1CN1CCC(c2nc3c(s2)CCC3)CC1. The molecule has 1 aromatic carbocycles. The van der Waals surface area contributed by atoms with Gasteiger partial charge in [-0.3, -0.25) is 4.90 Å². The minimum atomic E-state index is -0.912.